The van der Waals surface area contributed by atoms with E-state index >= 15 is 0 Å². The maximum atomic E-state index is 11.2. The van der Waals surface area contributed by atoms with E-state index in [2.05, 4.69) is 10.6 Å². The summed E-state index contributed by atoms with van der Waals surface area (Å²) in [6.07, 6.45) is 0.943. The molecule has 0 saturated carbocycles. The number of hydrogen-bond acceptors (Lipinski definition) is 3. The Morgan fingerprint density at radius 2 is 2.07 bits per heavy atom. The fourth-order valence-corrected chi connectivity index (χ4v) is 0.929. The molecule has 0 saturated heterocycles. The third-order valence-corrected chi connectivity index (χ3v) is 1.80. The van der Waals surface area contributed by atoms with Crippen LogP contribution in [0.1, 0.15) is 26.7 Å². The second-order valence-electron chi connectivity index (χ2n) is 3.09. The predicted octanol–water partition coefficient (Wildman–Crippen LogP) is -0.600. The Balaban J connectivity index is 3.59. The smallest absolute Gasteiger partial charge is 0.222 e. The van der Waals surface area contributed by atoms with Gasteiger partial charge in [-0.15, -0.1) is 0 Å². The van der Waals surface area contributed by atoms with Crippen LogP contribution in [0.15, 0.2) is 0 Å². The lowest BCUT2D eigenvalue weighted by Crippen LogP contribution is -2.38. The standard InChI is InChI=1S/C9H18N2O3/c1-3-8(6-12)11-9(14)4-5-10-7(2)13/h8,12H,3-6H2,1-2H3,(H,10,13)(H,11,14). The van der Waals surface area contributed by atoms with Gasteiger partial charge in [0, 0.05) is 19.9 Å². The van der Waals surface area contributed by atoms with Crippen LogP contribution in [-0.2, 0) is 9.59 Å². The maximum absolute atomic E-state index is 11.2. The average molecular weight is 202 g/mol. The van der Waals surface area contributed by atoms with Crippen molar-refractivity contribution in [1.29, 1.82) is 0 Å². The van der Waals surface area contributed by atoms with Gasteiger partial charge in [0.15, 0.2) is 0 Å². The molecule has 3 N–H and O–H groups in total. The normalized spacial score (nSPS) is 11.9. The van der Waals surface area contributed by atoms with Crippen LogP contribution in [0.3, 0.4) is 0 Å². The van der Waals surface area contributed by atoms with E-state index in [0.717, 1.165) is 0 Å². The first-order valence-electron chi connectivity index (χ1n) is 4.74. The Morgan fingerprint density at radius 3 is 2.50 bits per heavy atom. The van der Waals surface area contributed by atoms with Gasteiger partial charge in [-0.1, -0.05) is 6.92 Å². The molecule has 0 spiro atoms. The van der Waals surface area contributed by atoms with Crippen molar-refractivity contribution >= 4 is 11.8 Å². The van der Waals surface area contributed by atoms with Crippen LogP contribution < -0.4 is 10.6 Å². The van der Waals surface area contributed by atoms with E-state index < -0.39 is 0 Å². The van der Waals surface area contributed by atoms with Crippen LogP contribution >= 0.6 is 0 Å². The molecule has 82 valence electrons. The lowest BCUT2D eigenvalue weighted by Gasteiger charge is -2.13. The molecule has 1 atom stereocenters. The Labute approximate surface area is 83.9 Å². The summed E-state index contributed by atoms with van der Waals surface area (Å²) in [6, 6.07) is -0.181. The lowest BCUT2D eigenvalue weighted by molar-refractivity contribution is -0.122. The third kappa shape index (κ3) is 6.42. The van der Waals surface area contributed by atoms with Crippen LogP contribution in [0.4, 0.5) is 0 Å². The molecule has 5 heteroatoms. The van der Waals surface area contributed by atoms with Crippen molar-refractivity contribution in [2.75, 3.05) is 13.2 Å². The molecule has 0 aliphatic rings. The van der Waals surface area contributed by atoms with Gasteiger partial charge in [0.2, 0.25) is 11.8 Å². The summed E-state index contributed by atoms with van der Waals surface area (Å²) >= 11 is 0. The van der Waals surface area contributed by atoms with E-state index in [0.29, 0.717) is 13.0 Å². The molecule has 0 aromatic carbocycles. The van der Waals surface area contributed by atoms with Gasteiger partial charge in [-0.25, -0.2) is 0 Å². The summed E-state index contributed by atoms with van der Waals surface area (Å²) in [5, 5.41) is 14.0. The highest BCUT2D eigenvalue weighted by atomic mass is 16.3. The van der Waals surface area contributed by atoms with Crippen molar-refractivity contribution in [3.63, 3.8) is 0 Å². The average Bonchev–Trinajstić information content (AvgIpc) is 2.13. The Hall–Kier alpha value is -1.10. The van der Waals surface area contributed by atoms with E-state index in [1.807, 2.05) is 6.92 Å². The number of aliphatic hydroxyl groups excluding tert-OH is 1. The topological polar surface area (TPSA) is 78.4 Å². The number of nitrogens with one attached hydrogen (secondary N) is 2. The van der Waals surface area contributed by atoms with Crippen molar-refractivity contribution in [2.24, 2.45) is 0 Å². The zero-order valence-electron chi connectivity index (χ0n) is 8.67. The number of carbonyl (C=O) groups is 2. The Kier molecular flexibility index (Phi) is 6.74. The third-order valence-electron chi connectivity index (χ3n) is 1.80. The summed E-state index contributed by atoms with van der Waals surface area (Å²) in [5.74, 6) is -0.299. The minimum Gasteiger partial charge on any atom is -0.394 e. The molecule has 0 bridgehead atoms. The molecule has 5 nitrogen and oxygen atoms in total. The lowest BCUT2D eigenvalue weighted by atomic mass is 10.2. The first-order chi connectivity index (χ1) is 6.60. The van der Waals surface area contributed by atoms with Crippen molar-refractivity contribution < 1.29 is 14.7 Å². The monoisotopic (exact) mass is 202 g/mol. The largest absolute Gasteiger partial charge is 0.394 e. The molecule has 1 unspecified atom stereocenters. The summed E-state index contributed by atoms with van der Waals surface area (Å²) in [5.41, 5.74) is 0. The zero-order valence-corrected chi connectivity index (χ0v) is 8.67. The summed E-state index contributed by atoms with van der Waals surface area (Å²) < 4.78 is 0. The molecule has 0 aromatic rings. The van der Waals surface area contributed by atoms with Crippen molar-refractivity contribution in [2.45, 2.75) is 32.7 Å². The number of rotatable bonds is 6. The molecular formula is C9H18N2O3. The van der Waals surface area contributed by atoms with E-state index in [1.165, 1.54) is 6.92 Å². The molecule has 0 heterocycles. The number of aliphatic hydroxyl groups is 1. The fourth-order valence-electron chi connectivity index (χ4n) is 0.929. The molecule has 14 heavy (non-hydrogen) atoms. The van der Waals surface area contributed by atoms with Gasteiger partial charge in [0.1, 0.15) is 0 Å². The molecule has 0 aliphatic heterocycles. The van der Waals surface area contributed by atoms with Crippen molar-refractivity contribution in [3.05, 3.63) is 0 Å². The summed E-state index contributed by atoms with van der Waals surface area (Å²) in [7, 11) is 0. The van der Waals surface area contributed by atoms with Gasteiger partial charge < -0.3 is 15.7 Å². The second kappa shape index (κ2) is 7.32. The fraction of sp³-hybridized carbons (Fsp3) is 0.778. The molecule has 0 radical (unpaired) electrons. The number of carbonyl (C=O) groups excluding carboxylic acids is 2. The minimum atomic E-state index is -0.181. The molecule has 0 rings (SSSR count). The quantitative estimate of drug-likeness (QED) is 0.538. The van der Waals surface area contributed by atoms with Gasteiger partial charge in [-0.3, -0.25) is 9.59 Å². The molecule has 0 aliphatic carbocycles. The second-order valence-corrected chi connectivity index (χ2v) is 3.09. The van der Waals surface area contributed by atoms with Crippen LogP contribution in [0.2, 0.25) is 0 Å². The van der Waals surface area contributed by atoms with Crippen LogP contribution in [0.25, 0.3) is 0 Å². The van der Waals surface area contributed by atoms with E-state index in [-0.39, 0.29) is 30.9 Å². The van der Waals surface area contributed by atoms with E-state index in [4.69, 9.17) is 5.11 Å². The first kappa shape index (κ1) is 12.9. The summed E-state index contributed by atoms with van der Waals surface area (Å²) in [4.78, 5) is 21.7. The Bertz CT molecular complexity index is 190. The van der Waals surface area contributed by atoms with Gasteiger partial charge in [-0.2, -0.15) is 0 Å². The van der Waals surface area contributed by atoms with Gasteiger partial charge in [-0.05, 0) is 6.42 Å². The zero-order chi connectivity index (χ0) is 11.0. The first-order valence-corrected chi connectivity index (χ1v) is 4.74. The number of hydrogen-bond donors (Lipinski definition) is 3. The highest BCUT2D eigenvalue weighted by molar-refractivity contribution is 5.78. The van der Waals surface area contributed by atoms with Gasteiger partial charge >= 0.3 is 0 Å². The number of amides is 2. The molecule has 0 aromatic heterocycles. The highest BCUT2D eigenvalue weighted by Gasteiger charge is 2.08. The summed E-state index contributed by atoms with van der Waals surface area (Å²) in [6.45, 7) is 3.57. The predicted molar refractivity (Wildman–Crippen MR) is 52.6 cm³/mol. The van der Waals surface area contributed by atoms with E-state index in [1.54, 1.807) is 0 Å². The Morgan fingerprint density at radius 1 is 1.43 bits per heavy atom. The van der Waals surface area contributed by atoms with E-state index in [9.17, 15) is 9.59 Å². The molecule has 0 fully saturated rings. The van der Waals surface area contributed by atoms with Gasteiger partial charge in [0.05, 0.1) is 12.6 Å². The maximum Gasteiger partial charge on any atom is 0.222 e. The molecular weight excluding hydrogens is 184 g/mol. The van der Waals surface area contributed by atoms with Crippen LogP contribution in [-0.4, -0.2) is 36.1 Å². The van der Waals surface area contributed by atoms with Crippen molar-refractivity contribution in [1.82, 2.24) is 10.6 Å². The van der Waals surface area contributed by atoms with Crippen LogP contribution in [0, 0.1) is 0 Å². The molecule has 2 amide bonds. The van der Waals surface area contributed by atoms with Crippen LogP contribution in [0.5, 0.6) is 0 Å². The minimum absolute atomic E-state index is 0.0532. The SMILES string of the molecule is CCC(CO)NC(=O)CCNC(C)=O. The van der Waals surface area contributed by atoms with Gasteiger partial charge in [0.25, 0.3) is 0 Å². The van der Waals surface area contributed by atoms with Crippen molar-refractivity contribution in [3.8, 4) is 0 Å². The highest BCUT2D eigenvalue weighted by Crippen LogP contribution is 1.89.